The van der Waals surface area contributed by atoms with Gasteiger partial charge in [-0.3, -0.25) is 4.79 Å². The molecule has 2 aromatic heterocycles. The van der Waals surface area contributed by atoms with Crippen molar-refractivity contribution >= 4 is 33.7 Å². The fourth-order valence-corrected chi connectivity index (χ4v) is 4.68. The van der Waals surface area contributed by atoms with Crippen molar-refractivity contribution in [1.29, 1.82) is 0 Å². The Balaban J connectivity index is 1.63. The zero-order chi connectivity index (χ0) is 19.5. The van der Waals surface area contributed by atoms with Crippen LogP contribution >= 0.6 is 11.3 Å². The molecule has 0 atom stereocenters. The van der Waals surface area contributed by atoms with Crippen molar-refractivity contribution in [2.24, 2.45) is 0 Å². The van der Waals surface area contributed by atoms with E-state index in [9.17, 15) is 4.79 Å². The lowest BCUT2D eigenvalue weighted by molar-refractivity contribution is 0.299. The van der Waals surface area contributed by atoms with Crippen LogP contribution in [0.1, 0.15) is 35.2 Å². The highest BCUT2D eigenvalue weighted by molar-refractivity contribution is 7.18. The number of H-pyrrole nitrogens is 1. The summed E-state index contributed by atoms with van der Waals surface area (Å²) >= 11 is 1.64. The predicted molar refractivity (Wildman–Crippen MR) is 113 cm³/mol. The molecule has 1 aromatic carbocycles. The van der Waals surface area contributed by atoms with Gasteiger partial charge < -0.3 is 14.5 Å². The number of hydrogen-bond donors (Lipinski definition) is 1. The van der Waals surface area contributed by atoms with E-state index in [1.807, 2.05) is 31.2 Å². The lowest BCUT2D eigenvalue weighted by Gasteiger charge is -2.10. The van der Waals surface area contributed by atoms with Gasteiger partial charge in [-0.25, -0.2) is 4.98 Å². The number of nitrogens with zero attached hydrogens (tertiary/aromatic N) is 1. The van der Waals surface area contributed by atoms with E-state index in [2.05, 4.69) is 15.9 Å². The Labute approximate surface area is 167 Å². The summed E-state index contributed by atoms with van der Waals surface area (Å²) in [5.41, 5.74) is 2.04. The highest BCUT2D eigenvalue weighted by atomic mass is 32.1. The predicted octanol–water partition coefficient (Wildman–Crippen LogP) is 4.05. The van der Waals surface area contributed by atoms with Gasteiger partial charge in [0.15, 0.2) is 11.5 Å². The van der Waals surface area contributed by atoms with Gasteiger partial charge in [0.05, 0.1) is 12.0 Å². The van der Waals surface area contributed by atoms with E-state index >= 15 is 0 Å². The Kier molecular flexibility index (Phi) is 5.18. The monoisotopic (exact) mass is 392 g/mol. The highest BCUT2D eigenvalue weighted by Crippen LogP contribution is 2.34. The third-order valence-electron chi connectivity index (χ3n) is 4.61. The number of aromatic amines is 1. The van der Waals surface area contributed by atoms with E-state index in [4.69, 9.17) is 15.9 Å². The van der Waals surface area contributed by atoms with Crippen LogP contribution < -0.4 is 15.0 Å². The Morgan fingerprint density at radius 2 is 2.18 bits per heavy atom. The van der Waals surface area contributed by atoms with Crippen molar-refractivity contribution in [2.75, 3.05) is 13.2 Å². The van der Waals surface area contributed by atoms with E-state index in [0.717, 1.165) is 35.0 Å². The maximum atomic E-state index is 12.5. The molecule has 142 valence electrons. The number of aromatic nitrogens is 2. The molecular weight excluding hydrogens is 372 g/mol. The van der Waals surface area contributed by atoms with Crippen molar-refractivity contribution in [3.05, 3.63) is 50.4 Å². The van der Waals surface area contributed by atoms with E-state index in [1.165, 1.54) is 10.4 Å². The molecule has 3 aromatic rings. The summed E-state index contributed by atoms with van der Waals surface area (Å²) < 4.78 is 11.1. The number of thiophene rings is 1. The normalized spacial score (nSPS) is 13.0. The first kappa shape index (κ1) is 18.3. The molecule has 5 nitrogen and oxygen atoms in total. The first-order chi connectivity index (χ1) is 13.7. The van der Waals surface area contributed by atoms with Gasteiger partial charge in [0.25, 0.3) is 5.56 Å². The summed E-state index contributed by atoms with van der Waals surface area (Å²) in [4.78, 5) is 22.2. The van der Waals surface area contributed by atoms with E-state index in [1.54, 1.807) is 17.4 Å². The van der Waals surface area contributed by atoms with Gasteiger partial charge in [-0.15, -0.1) is 17.8 Å². The molecule has 28 heavy (non-hydrogen) atoms. The van der Waals surface area contributed by atoms with Gasteiger partial charge in [0, 0.05) is 4.88 Å². The number of nitrogens with one attached hydrogen (secondary N) is 1. The van der Waals surface area contributed by atoms with Crippen molar-refractivity contribution < 1.29 is 9.47 Å². The quantitative estimate of drug-likeness (QED) is 0.643. The first-order valence-electron chi connectivity index (χ1n) is 9.25. The summed E-state index contributed by atoms with van der Waals surface area (Å²) in [7, 11) is 0. The maximum Gasteiger partial charge on any atom is 0.260 e. The first-order valence-corrected chi connectivity index (χ1v) is 10.1. The summed E-state index contributed by atoms with van der Waals surface area (Å²) in [6.45, 7) is 2.62. The fourth-order valence-electron chi connectivity index (χ4n) is 3.41. The smallest absolute Gasteiger partial charge is 0.260 e. The largest absolute Gasteiger partial charge is 0.490 e. The minimum absolute atomic E-state index is 0.0583. The van der Waals surface area contributed by atoms with Gasteiger partial charge in [0.1, 0.15) is 17.3 Å². The molecule has 0 radical (unpaired) electrons. The van der Waals surface area contributed by atoms with Gasteiger partial charge in [-0.1, -0.05) is 18.1 Å². The second kappa shape index (κ2) is 7.91. The molecule has 1 aliphatic carbocycles. The maximum absolute atomic E-state index is 12.5. The summed E-state index contributed by atoms with van der Waals surface area (Å²) in [5.74, 6) is 4.23. The van der Waals surface area contributed by atoms with Gasteiger partial charge in [-0.05, 0) is 55.5 Å². The van der Waals surface area contributed by atoms with E-state index < -0.39 is 0 Å². The minimum Gasteiger partial charge on any atom is -0.490 e. The molecule has 0 saturated heterocycles. The van der Waals surface area contributed by atoms with Crippen LogP contribution in [-0.2, 0) is 12.8 Å². The van der Waals surface area contributed by atoms with Crippen LogP contribution in [0, 0.1) is 12.3 Å². The number of fused-ring (bicyclic) bond motifs is 3. The van der Waals surface area contributed by atoms with E-state index in [0.29, 0.717) is 23.9 Å². The third-order valence-corrected chi connectivity index (χ3v) is 5.79. The molecule has 1 aliphatic rings. The molecule has 4 rings (SSSR count). The molecule has 0 aliphatic heterocycles. The summed E-state index contributed by atoms with van der Waals surface area (Å²) in [5, 5.41) is 0.767. The lowest BCUT2D eigenvalue weighted by atomic mass is 10.2. The molecule has 1 N–H and O–H groups in total. The van der Waals surface area contributed by atoms with Crippen molar-refractivity contribution in [2.45, 2.75) is 26.2 Å². The molecule has 0 amide bonds. The fraction of sp³-hybridized carbons (Fsp3) is 0.273. The van der Waals surface area contributed by atoms with Crippen molar-refractivity contribution in [3.63, 3.8) is 0 Å². The Morgan fingerprint density at radius 3 is 3.00 bits per heavy atom. The van der Waals surface area contributed by atoms with Crippen LogP contribution in [0.2, 0.25) is 0 Å². The second-order valence-corrected chi connectivity index (χ2v) is 7.54. The number of terminal acetylenes is 1. The van der Waals surface area contributed by atoms with E-state index in [-0.39, 0.29) is 12.2 Å². The number of benzene rings is 1. The van der Waals surface area contributed by atoms with Crippen LogP contribution in [0.15, 0.2) is 23.0 Å². The second-order valence-electron chi connectivity index (χ2n) is 6.45. The SMILES string of the molecule is C#CCOc1ccc(/C=C/c2nc3sc4c(c3c(=O)[nH]2)CCC4)cc1OCC. The number of aryl methyl sites for hydroxylation is 2. The number of ether oxygens (including phenoxy) is 2. The topological polar surface area (TPSA) is 64.2 Å². The van der Waals surface area contributed by atoms with Crippen LogP contribution in [0.25, 0.3) is 22.4 Å². The van der Waals surface area contributed by atoms with Crippen LogP contribution in [0.3, 0.4) is 0 Å². The Morgan fingerprint density at radius 1 is 1.29 bits per heavy atom. The van der Waals surface area contributed by atoms with Gasteiger partial charge in [0.2, 0.25) is 0 Å². The summed E-state index contributed by atoms with van der Waals surface area (Å²) in [6.07, 6.45) is 12.1. The van der Waals surface area contributed by atoms with Crippen LogP contribution in [0.5, 0.6) is 11.5 Å². The molecular formula is C22H20N2O3S. The van der Waals surface area contributed by atoms with Crippen LogP contribution in [-0.4, -0.2) is 23.2 Å². The molecule has 0 spiro atoms. The molecule has 0 saturated carbocycles. The van der Waals surface area contributed by atoms with Crippen molar-refractivity contribution in [3.8, 4) is 23.8 Å². The Bertz CT molecular complexity index is 1150. The highest BCUT2D eigenvalue weighted by Gasteiger charge is 2.20. The number of hydrogen-bond acceptors (Lipinski definition) is 5. The van der Waals surface area contributed by atoms with Crippen LogP contribution in [0.4, 0.5) is 0 Å². The summed E-state index contributed by atoms with van der Waals surface area (Å²) in [6, 6.07) is 5.61. The minimum atomic E-state index is -0.0583. The molecule has 0 fully saturated rings. The van der Waals surface area contributed by atoms with Crippen molar-refractivity contribution in [1.82, 2.24) is 9.97 Å². The molecule has 2 heterocycles. The van der Waals surface area contributed by atoms with Gasteiger partial charge in [-0.2, -0.15) is 0 Å². The Hall–Kier alpha value is -3.04. The third kappa shape index (κ3) is 3.54. The zero-order valence-electron chi connectivity index (χ0n) is 15.6. The molecule has 0 bridgehead atoms. The average molecular weight is 392 g/mol. The van der Waals surface area contributed by atoms with Gasteiger partial charge >= 0.3 is 0 Å². The zero-order valence-corrected chi connectivity index (χ0v) is 16.4. The molecule has 0 unspecified atom stereocenters. The average Bonchev–Trinajstić information content (AvgIpc) is 3.26. The standard InChI is InChI=1S/C22H20N2O3S/c1-3-12-27-16-10-8-14(13-17(16)26-4-2)9-11-19-23-21(25)20-15-6-5-7-18(15)28-22(20)24-19/h1,8-11,13H,4-7,12H2,2H3,(H,23,24,25)/b11-9+. The lowest BCUT2D eigenvalue weighted by Crippen LogP contribution is -2.09. The number of rotatable bonds is 6. The molecule has 6 heteroatoms.